The highest BCUT2D eigenvalue weighted by Crippen LogP contribution is 2.48. The highest BCUT2D eigenvalue weighted by Gasteiger charge is 2.56. The van der Waals surface area contributed by atoms with Gasteiger partial charge in [0.2, 0.25) is 11.8 Å². The third-order valence-corrected chi connectivity index (χ3v) is 6.34. The minimum Gasteiger partial charge on any atom is -0.326 e. The minimum atomic E-state index is -0.544. The van der Waals surface area contributed by atoms with Crippen molar-refractivity contribution in [3.63, 3.8) is 0 Å². The van der Waals surface area contributed by atoms with Crippen molar-refractivity contribution in [1.82, 2.24) is 24.6 Å². The molecule has 1 aliphatic carbocycles. The molecular formula is C21H19BrN6O3. The zero-order valence-corrected chi connectivity index (χ0v) is 18.2. The summed E-state index contributed by atoms with van der Waals surface area (Å²) in [5.41, 5.74) is 0.977. The van der Waals surface area contributed by atoms with Gasteiger partial charge in [0.25, 0.3) is 0 Å². The maximum Gasteiger partial charge on any atom is 0.248 e. The maximum absolute atomic E-state index is 13.3. The monoisotopic (exact) mass is 482 g/mol. The van der Waals surface area contributed by atoms with E-state index in [9.17, 15) is 14.4 Å². The molecule has 3 aromatic heterocycles. The number of rotatable bonds is 5. The molecule has 158 valence electrons. The molecule has 2 aliphatic rings. The Morgan fingerprint density at radius 1 is 1.23 bits per heavy atom. The Morgan fingerprint density at radius 3 is 2.84 bits per heavy atom. The summed E-state index contributed by atoms with van der Waals surface area (Å²) >= 11 is 3.29. The maximum atomic E-state index is 13.3. The van der Waals surface area contributed by atoms with Gasteiger partial charge in [-0.25, -0.2) is 4.98 Å². The number of anilines is 1. The highest BCUT2D eigenvalue weighted by molar-refractivity contribution is 9.10. The third-order valence-electron chi connectivity index (χ3n) is 5.89. The standard InChI is InChI=1S/C21H19BrN6O3/c1-11(29)14-9-27(20-13(14)5-6-23-26-20)10-19(30)28-15-7-12(15)8-16(28)21(31)25-18-4-2-3-17(22)24-18/h2-6,9,12,15-16H,7-8,10H2,1H3,(H,24,25,31)/t12-,15-,16+/m1/s1. The van der Waals surface area contributed by atoms with Gasteiger partial charge in [-0.1, -0.05) is 6.07 Å². The lowest BCUT2D eigenvalue weighted by molar-refractivity contribution is -0.138. The van der Waals surface area contributed by atoms with Crippen LogP contribution in [0.1, 0.15) is 30.1 Å². The van der Waals surface area contributed by atoms with Crippen LogP contribution in [-0.4, -0.2) is 54.3 Å². The number of piperidine rings is 1. The molecule has 10 heteroatoms. The first-order chi connectivity index (χ1) is 14.9. The van der Waals surface area contributed by atoms with Gasteiger partial charge in [-0.3, -0.25) is 14.4 Å². The summed E-state index contributed by atoms with van der Waals surface area (Å²) in [5.74, 6) is 0.262. The van der Waals surface area contributed by atoms with E-state index in [-0.39, 0.29) is 30.2 Å². The zero-order valence-electron chi connectivity index (χ0n) is 16.7. The number of fused-ring (bicyclic) bond motifs is 2. The van der Waals surface area contributed by atoms with E-state index < -0.39 is 6.04 Å². The normalized spacial score (nSPS) is 21.7. The van der Waals surface area contributed by atoms with Crippen molar-refractivity contribution in [2.24, 2.45) is 5.92 Å². The van der Waals surface area contributed by atoms with E-state index in [2.05, 4.69) is 36.4 Å². The van der Waals surface area contributed by atoms with Crippen LogP contribution in [0.2, 0.25) is 0 Å². The number of ketones is 1. The van der Waals surface area contributed by atoms with Crippen molar-refractivity contribution in [2.75, 3.05) is 5.32 Å². The zero-order chi connectivity index (χ0) is 21.7. The van der Waals surface area contributed by atoms with Crippen molar-refractivity contribution < 1.29 is 14.4 Å². The van der Waals surface area contributed by atoms with Gasteiger partial charge < -0.3 is 14.8 Å². The van der Waals surface area contributed by atoms with Crippen molar-refractivity contribution in [1.29, 1.82) is 0 Å². The lowest BCUT2D eigenvalue weighted by atomic mass is 10.1. The molecule has 3 aromatic rings. The Balaban J connectivity index is 1.38. The van der Waals surface area contributed by atoms with E-state index in [0.29, 0.717) is 39.4 Å². The number of hydrogen-bond acceptors (Lipinski definition) is 6. The van der Waals surface area contributed by atoms with Gasteiger partial charge in [-0.05, 0) is 59.8 Å². The second-order valence-electron chi connectivity index (χ2n) is 7.95. The average Bonchev–Trinajstić information content (AvgIpc) is 3.24. The third kappa shape index (κ3) is 3.60. The van der Waals surface area contributed by atoms with Crippen molar-refractivity contribution >= 4 is 50.4 Å². The molecule has 5 rings (SSSR count). The summed E-state index contributed by atoms with van der Waals surface area (Å²) in [6.45, 7) is 1.47. The summed E-state index contributed by atoms with van der Waals surface area (Å²) in [6.07, 6.45) is 4.71. The van der Waals surface area contributed by atoms with E-state index in [0.717, 1.165) is 6.42 Å². The number of nitrogens with one attached hydrogen (secondary N) is 1. The first kappa shape index (κ1) is 19.8. The number of nitrogens with zero attached hydrogens (tertiary/aromatic N) is 5. The summed E-state index contributed by atoms with van der Waals surface area (Å²) in [6, 6.07) is 6.52. The van der Waals surface area contributed by atoms with Crippen molar-refractivity contribution in [3.8, 4) is 0 Å². The lowest BCUT2D eigenvalue weighted by Crippen LogP contribution is -2.46. The number of pyridine rings is 1. The highest BCUT2D eigenvalue weighted by atomic mass is 79.9. The van der Waals surface area contributed by atoms with Crippen LogP contribution in [0, 0.1) is 5.92 Å². The number of aromatic nitrogens is 4. The first-order valence-electron chi connectivity index (χ1n) is 9.98. The van der Waals surface area contributed by atoms with Crippen LogP contribution in [0.15, 0.2) is 41.3 Å². The molecule has 2 amide bonds. The molecule has 0 unspecified atom stereocenters. The fraction of sp³-hybridized carbons (Fsp3) is 0.333. The van der Waals surface area contributed by atoms with Gasteiger partial charge in [0, 0.05) is 23.2 Å². The van der Waals surface area contributed by atoms with Crippen LogP contribution in [0.4, 0.5) is 5.82 Å². The summed E-state index contributed by atoms with van der Waals surface area (Å²) < 4.78 is 2.26. The fourth-order valence-corrected chi connectivity index (χ4v) is 4.74. The molecule has 2 fully saturated rings. The Morgan fingerprint density at radius 2 is 2.06 bits per heavy atom. The SMILES string of the molecule is CC(=O)c1cn(CC(=O)N2[C@@H]3C[C@@H]3C[C@H]2C(=O)Nc2cccc(Br)n2)c2nnccc12. The van der Waals surface area contributed by atoms with Gasteiger partial charge in [0.1, 0.15) is 23.0 Å². The molecule has 31 heavy (non-hydrogen) atoms. The Labute approximate surface area is 186 Å². The van der Waals surface area contributed by atoms with Crippen LogP contribution < -0.4 is 5.32 Å². The van der Waals surface area contributed by atoms with Crippen LogP contribution >= 0.6 is 15.9 Å². The van der Waals surface area contributed by atoms with Crippen LogP contribution in [0.5, 0.6) is 0 Å². The van der Waals surface area contributed by atoms with E-state index in [1.165, 1.54) is 13.1 Å². The predicted octanol–water partition coefficient (Wildman–Crippen LogP) is 2.42. The molecule has 4 heterocycles. The van der Waals surface area contributed by atoms with Gasteiger partial charge in [-0.15, -0.1) is 5.10 Å². The Bertz CT molecular complexity index is 1220. The van der Waals surface area contributed by atoms with Crippen LogP contribution in [0.25, 0.3) is 11.0 Å². The molecule has 1 saturated carbocycles. The molecule has 0 aromatic carbocycles. The second-order valence-corrected chi connectivity index (χ2v) is 8.76. The Kier molecular flexibility index (Phi) is 4.81. The van der Waals surface area contributed by atoms with E-state index in [4.69, 9.17) is 0 Å². The summed E-state index contributed by atoms with van der Waals surface area (Å²) in [4.78, 5) is 44.1. The number of halogens is 1. The average molecular weight is 483 g/mol. The van der Waals surface area contributed by atoms with E-state index in [1.54, 1.807) is 39.9 Å². The topological polar surface area (TPSA) is 110 Å². The lowest BCUT2D eigenvalue weighted by Gasteiger charge is -2.27. The largest absolute Gasteiger partial charge is 0.326 e. The predicted molar refractivity (Wildman–Crippen MR) is 115 cm³/mol. The molecule has 1 N–H and O–H groups in total. The number of Topliss-reactive ketones (excluding diaryl/α,β-unsaturated/α-hetero) is 1. The number of amides is 2. The number of likely N-dealkylation sites (tertiary alicyclic amines) is 1. The minimum absolute atomic E-state index is 0.00932. The number of carbonyl (C=O) groups is 3. The van der Waals surface area contributed by atoms with E-state index >= 15 is 0 Å². The van der Waals surface area contributed by atoms with Crippen molar-refractivity contribution in [3.05, 3.63) is 46.8 Å². The smallest absolute Gasteiger partial charge is 0.248 e. The van der Waals surface area contributed by atoms with Gasteiger partial charge in [-0.2, -0.15) is 5.10 Å². The summed E-state index contributed by atoms with van der Waals surface area (Å²) in [7, 11) is 0. The van der Waals surface area contributed by atoms with E-state index in [1.807, 2.05) is 0 Å². The van der Waals surface area contributed by atoms with Gasteiger partial charge in [0.15, 0.2) is 11.4 Å². The van der Waals surface area contributed by atoms with Gasteiger partial charge in [0.05, 0.1) is 6.20 Å². The molecule has 0 spiro atoms. The molecule has 0 bridgehead atoms. The quantitative estimate of drug-likeness (QED) is 0.441. The molecule has 1 saturated heterocycles. The van der Waals surface area contributed by atoms with Crippen LogP contribution in [-0.2, 0) is 16.1 Å². The molecule has 0 radical (unpaired) electrons. The Hall–Kier alpha value is -3.14. The fourth-order valence-electron chi connectivity index (χ4n) is 4.40. The summed E-state index contributed by atoms with van der Waals surface area (Å²) in [5, 5.41) is 11.5. The number of carbonyl (C=O) groups excluding carboxylic acids is 3. The molecule has 1 aliphatic heterocycles. The van der Waals surface area contributed by atoms with Crippen LogP contribution in [0.3, 0.4) is 0 Å². The second kappa shape index (κ2) is 7.52. The molecule has 9 nitrogen and oxygen atoms in total. The van der Waals surface area contributed by atoms with Gasteiger partial charge >= 0.3 is 0 Å². The molecular weight excluding hydrogens is 464 g/mol. The molecule has 3 atom stereocenters. The van der Waals surface area contributed by atoms with Crippen molar-refractivity contribution in [2.45, 2.75) is 38.4 Å². The first-order valence-corrected chi connectivity index (χ1v) is 10.8. The number of hydrogen-bond donors (Lipinski definition) is 1.